The molecule has 2 aliphatic rings. The Bertz CT molecular complexity index is 1440. The molecular weight excluding hydrogens is 505 g/mol. The largest absolute Gasteiger partial charge is 0.495 e. The Morgan fingerprint density at radius 3 is 2.49 bits per heavy atom. The van der Waals surface area contributed by atoms with Crippen molar-refractivity contribution in [2.24, 2.45) is 0 Å². The maximum atomic E-state index is 14.3. The highest BCUT2D eigenvalue weighted by atomic mass is 19.2. The molecule has 9 heteroatoms. The van der Waals surface area contributed by atoms with Crippen LogP contribution in [0.3, 0.4) is 0 Å². The summed E-state index contributed by atoms with van der Waals surface area (Å²) in [5, 5.41) is 3.89. The molecule has 1 fully saturated rings. The highest BCUT2D eigenvalue weighted by Gasteiger charge is 2.46. The molecule has 204 valence electrons. The van der Waals surface area contributed by atoms with E-state index in [1.54, 1.807) is 20.4 Å². The summed E-state index contributed by atoms with van der Waals surface area (Å²) in [7, 11) is 1.62. The number of ether oxygens (including phenoxy) is 1. The predicted octanol–water partition coefficient (Wildman–Crippen LogP) is 6.09. The summed E-state index contributed by atoms with van der Waals surface area (Å²) in [4.78, 5) is 17.8. The summed E-state index contributed by atoms with van der Waals surface area (Å²) < 4.78 is 49.9. The summed E-state index contributed by atoms with van der Waals surface area (Å²) in [6.07, 6.45) is 12.0. The van der Waals surface area contributed by atoms with Crippen molar-refractivity contribution in [1.82, 2.24) is 19.6 Å². The van der Waals surface area contributed by atoms with Crippen LogP contribution in [0.4, 0.5) is 13.2 Å². The van der Waals surface area contributed by atoms with Gasteiger partial charge in [-0.3, -0.25) is 4.79 Å². The Morgan fingerprint density at radius 1 is 1.05 bits per heavy atom. The normalized spacial score (nSPS) is 21.8. The summed E-state index contributed by atoms with van der Waals surface area (Å²) in [6.45, 7) is 4.75. The van der Waals surface area contributed by atoms with Gasteiger partial charge in [-0.2, -0.15) is 0 Å². The van der Waals surface area contributed by atoms with Gasteiger partial charge >= 0.3 is 0 Å². The lowest BCUT2D eigenvalue weighted by Gasteiger charge is -2.51. The maximum Gasteiger partial charge on any atom is 0.194 e. The molecule has 2 aromatic carbocycles. The van der Waals surface area contributed by atoms with Crippen LogP contribution in [-0.4, -0.2) is 45.6 Å². The molecule has 39 heavy (non-hydrogen) atoms. The number of Topliss-reactive ketones (excluding diaryl/α,β-unsaturated/α-hetero) is 1. The average molecular weight is 537 g/mol. The summed E-state index contributed by atoms with van der Waals surface area (Å²) in [5.74, 6) is -3.62. The van der Waals surface area contributed by atoms with Gasteiger partial charge in [-0.25, -0.2) is 23.2 Å². The molecule has 3 aromatic rings. The van der Waals surface area contributed by atoms with E-state index in [-0.39, 0.29) is 17.8 Å². The molecule has 1 aromatic heterocycles. The van der Waals surface area contributed by atoms with Crippen LogP contribution < -0.4 is 4.74 Å². The quantitative estimate of drug-likeness (QED) is 0.369. The third kappa shape index (κ3) is 4.98. The monoisotopic (exact) mass is 536 g/mol. The third-order valence-corrected chi connectivity index (χ3v) is 7.55. The number of hydrazine groups is 1. The van der Waals surface area contributed by atoms with Crippen LogP contribution in [0.2, 0.25) is 0 Å². The molecule has 2 aliphatic heterocycles. The fraction of sp³-hybridized carbons (Fsp3) is 0.333. The number of rotatable bonds is 5. The van der Waals surface area contributed by atoms with E-state index in [0.717, 1.165) is 47.6 Å². The van der Waals surface area contributed by atoms with E-state index in [9.17, 15) is 18.0 Å². The minimum Gasteiger partial charge on any atom is -0.495 e. The zero-order valence-electron chi connectivity index (χ0n) is 22.3. The van der Waals surface area contributed by atoms with E-state index in [0.29, 0.717) is 25.3 Å². The number of benzene rings is 2. The van der Waals surface area contributed by atoms with Gasteiger partial charge < -0.3 is 14.3 Å². The molecule has 5 rings (SSSR count). The molecule has 0 saturated carbocycles. The van der Waals surface area contributed by atoms with Crippen molar-refractivity contribution in [3.63, 3.8) is 0 Å². The number of aromatic nitrogens is 2. The first kappa shape index (κ1) is 26.7. The number of carbonyl (C=O) groups excluding carboxylic acids is 1. The Morgan fingerprint density at radius 2 is 1.79 bits per heavy atom. The molecule has 0 aliphatic carbocycles. The first-order chi connectivity index (χ1) is 18.7. The Hall–Kier alpha value is -3.85. The van der Waals surface area contributed by atoms with Crippen molar-refractivity contribution in [1.29, 1.82) is 0 Å². The summed E-state index contributed by atoms with van der Waals surface area (Å²) in [5.41, 5.74) is 2.33. The minimum absolute atomic E-state index is 0.107. The number of methoxy groups -OCH3 is 1. The van der Waals surface area contributed by atoms with Crippen LogP contribution in [0.25, 0.3) is 11.8 Å². The molecule has 1 unspecified atom stereocenters. The van der Waals surface area contributed by atoms with Gasteiger partial charge in [0.25, 0.3) is 0 Å². The van der Waals surface area contributed by atoms with Gasteiger partial charge in [0.2, 0.25) is 0 Å². The molecule has 0 N–H and O–H groups in total. The van der Waals surface area contributed by atoms with Gasteiger partial charge in [-0.15, -0.1) is 0 Å². The van der Waals surface area contributed by atoms with E-state index in [2.05, 4.69) is 4.98 Å². The lowest BCUT2D eigenvalue weighted by molar-refractivity contribution is -0.152. The van der Waals surface area contributed by atoms with E-state index < -0.39 is 23.0 Å². The standard InChI is InChI=1S/C30H31F3N4O2/c1-20-18-35(19-34-20)26-12-10-21(15-27(26)39-3)9-11-23-7-6-8-28(38)30(2,37-14-5-4-13-36(23)37)22-16-24(31)29(33)25(32)17-22/h7,9-12,15-19H,4-6,8,13-14H2,1-3H3/b11-9+,23-7-. The van der Waals surface area contributed by atoms with Gasteiger partial charge in [0.05, 0.1) is 24.8 Å². The smallest absolute Gasteiger partial charge is 0.194 e. The molecular formula is C30H31F3N4O2. The number of ketones is 1. The number of fused-ring (bicyclic) bond motifs is 1. The van der Waals surface area contributed by atoms with Gasteiger partial charge in [-0.1, -0.05) is 18.2 Å². The maximum absolute atomic E-state index is 14.3. The Kier molecular flexibility index (Phi) is 7.36. The molecule has 1 saturated heterocycles. The van der Waals surface area contributed by atoms with Crippen molar-refractivity contribution < 1.29 is 22.7 Å². The van der Waals surface area contributed by atoms with E-state index in [1.165, 1.54) is 0 Å². The second-order valence-electron chi connectivity index (χ2n) is 10.1. The summed E-state index contributed by atoms with van der Waals surface area (Å²) in [6, 6.07) is 7.78. The van der Waals surface area contributed by atoms with Crippen molar-refractivity contribution in [3.05, 3.63) is 95.0 Å². The van der Waals surface area contributed by atoms with E-state index >= 15 is 0 Å². The predicted molar refractivity (Wildman–Crippen MR) is 143 cm³/mol. The second-order valence-corrected chi connectivity index (χ2v) is 10.1. The Balaban J connectivity index is 1.49. The number of carbonyl (C=O) groups is 1. The molecule has 0 bridgehead atoms. The lowest BCUT2D eigenvalue weighted by Crippen LogP contribution is -2.60. The fourth-order valence-corrected chi connectivity index (χ4v) is 5.39. The molecule has 3 heterocycles. The zero-order chi connectivity index (χ0) is 27.7. The van der Waals surface area contributed by atoms with Crippen molar-refractivity contribution in [2.45, 2.75) is 45.1 Å². The minimum atomic E-state index is -1.54. The summed E-state index contributed by atoms with van der Waals surface area (Å²) >= 11 is 0. The van der Waals surface area contributed by atoms with Crippen LogP contribution in [0.15, 0.2) is 60.7 Å². The highest BCUT2D eigenvalue weighted by molar-refractivity contribution is 5.89. The third-order valence-electron chi connectivity index (χ3n) is 7.55. The molecule has 1 atom stereocenters. The van der Waals surface area contributed by atoms with Gasteiger partial charge in [-0.05, 0) is 74.6 Å². The van der Waals surface area contributed by atoms with Crippen molar-refractivity contribution >= 4 is 11.9 Å². The first-order valence-corrected chi connectivity index (χ1v) is 13.0. The average Bonchev–Trinajstić information content (AvgIpc) is 3.37. The molecule has 6 nitrogen and oxygen atoms in total. The van der Waals surface area contributed by atoms with Crippen molar-refractivity contribution in [3.8, 4) is 11.4 Å². The van der Waals surface area contributed by atoms with Crippen LogP contribution >= 0.6 is 0 Å². The Labute approximate surface area is 226 Å². The van der Waals surface area contributed by atoms with Crippen LogP contribution in [-0.2, 0) is 10.3 Å². The SMILES string of the molecule is COc1cc(/C=C/C2=C/CCC(=O)C(C)(c3cc(F)c(F)c(F)c3)N3CCCCN23)ccc1-n1cnc(C)c1. The van der Waals surface area contributed by atoms with Crippen LogP contribution in [0.1, 0.15) is 49.4 Å². The van der Waals surface area contributed by atoms with E-state index in [1.807, 2.05) is 64.1 Å². The number of hydrogen-bond acceptors (Lipinski definition) is 5. The number of halogens is 3. The van der Waals surface area contributed by atoms with E-state index in [4.69, 9.17) is 4.74 Å². The lowest BCUT2D eigenvalue weighted by atomic mass is 9.83. The second kappa shape index (κ2) is 10.7. The number of allylic oxidation sites excluding steroid dienone is 2. The molecule has 0 radical (unpaired) electrons. The van der Waals surface area contributed by atoms with Gasteiger partial charge in [0.1, 0.15) is 11.3 Å². The fourth-order valence-electron chi connectivity index (χ4n) is 5.39. The van der Waals surface area contributed by atoms with Gasteiger partial charge in [0.15, 0.2) is 23.2 Å². The number of hydrogen-bond donors (Lipinski definition) is 0. The molecule has 0 spiro atoms. The first-order valence-electron chi connectivity index (χ1n) is 13.0. The molecule has 0 amide bonds. The topological polar surface area (TPSA) is 50.6 Å². The number of imidazole rings is 1. The zero-order valence-corrected chi connectivity index (χ0v) is 22.3. The van der Waals surface area contributed by atoms with Gasteiger partial charge in [0, 0.05) is 31.4 Å². The van der Waals surface area contributed by atoms with Crippen molar-refractivity contribution in [2.75, 3.05) is 20.2 Å². The highest BCUT2D eigenvalue weighted by Crippen LogP contribution is 2.39. The van der Waals surface area contributed by atoms with Crippen LogP contribution in [0.5, 0.6) is 5.75 Å². The number of nitrogens with zero attached hydrogens (tertiary/aromatic N) is 4. The van der Waals surface area contributed by atoms with Crippen LogP contribution in [0, 0.1) is 24.4 Å². The number of aryl methyl sites for hydroxylation is 1.